The van der Waals surface area contributed by atoms with Crippen LogP contribution in [0.1, 0.15) is 16.9 Å². The summed E-state index contributed by atoms with van der Waals surface area (Å²) in [7, 11) is 0. The van der Waals surface area contributed by atoms with Gasteiger partial charge in [0.25, 0.3) is 5.91 Å². The van der Waals surface area contributed by atoms with Crippen LogP contribution in [0.15, 0.2) is 41.7 Å². The van der Waals surface area contributed by atoms with Crippen molar-refractivity contribution in [2.24, 2.45) is 0 Å². The van der Waals surface area contributed by atoms with Gasteiger partial charge in [0.1, 0.15) is 5.69 Å². The van der Waals surface area contributed by atoms with E-state index in [1.54, 1.807) is 15.7 Å². The second-order valence-corrected chi connectivity index (χ2v) is 7.11. The van der Waals surface area contributed by atoms with Crippen LogP contribution >= 0.6 is 11.8 Å². The highest BCUT2D eigenvalue weighted by atomic mass is 32.2. The molecule has 2 heterocycles. The van der Waals surface area contributed by atoms with Gasteiger partial charge < -0.3 is 4.90 Å². The summed E-state index contributed by atoms with van der Waals surface area (Å²) in [5.74, 6) is -0.208. The largest absolute Gasteiger partial charge is 0.401 e. The van der Waals surface area contributed by atoms with Crippen molar-refractivity contribution in [3.8, 4) is 5.69 Å². The van der Waals surface area contributed by atoms with Crippen LogP contribution in [0.5, 0.6) is 0 Å². The summed E-state index contributed by atoms with van der Waals surface area (Å²) in [5.41, 5.74) is 1.26. The van der Waals surface area contributed by atoms with Gasteiger partial charge in [-0.3, -0.25) is 14.3 Å². The Balaban J connectivity index is 1.80. The number of carbonyl (C=O) groups is 1. The zero-order chi connectivity index (χ0) is 19.4. The predicted octanol–water partition coefficient (Wildman–Crippen LogP) is 3.30. The van der Waals surface area contributed by atoms with Crippen LogP contribution in [0.3, 0.4) is 0 Å². The molecule has 0 atom stereocenters. The number of aromatic nitrogens is 2. The number of hydrogen-bond acceptors (Lipinski definition) is 4. The smallest absolute Gasteiger partial charge is 0.336 e. The van der Waals surface area contributed by atoms with Gasteiger partial charge in [0, 0.05) is 31.9 Å². The SMILES string of the molecule is CSc1ncc(C(=O)N2CCCN(CC(F)(F)F)CC2)n1-c1ccccc1. The second kappa shape index (κ2) is 8.35. The molecule has 1 aromatic carbocycles. The number of carbonyl (C=O) groups excluding carboxylic acids is 1. The Morgan fingerprint density at radius 1 is 1.15 bits per heavy atom. The molecule has 9 heteroatoms. The molecule has 0 aliphatic carbocycles. The number of benzene rings is 1. The van der Waals surface area contributed by atoms with Gasteiger partial charge in [-0.05, 0) is 24.8 Å². The maximum atomic E-state index is 13.1. The number of imidazole rings is 1. The topological polar surface area (TPSA) is 41.4 Å². The number of halogens is 3. The monoisotopic (exact) mass is 398 g/mol. The van der Waals surface area contributed by atoms with Crippen molar-refractivity contribution in [3.05, 3.63) is 42.2 Å². The molecule has 1 aromatic heterocycles. The summed E-state index contributed by atoms with van der Waals surface area (Å²) in [6, 6.07) is 9.45. The minimum Gasteiger partial charge on any atom is -0.336 e. The van der Waals surface area contributed by atoms with E-state index in [1.807, 2.05) is 36.6 Å². The lowest BCUT2D eigenvalue weighted by atomic mass is 10.3. The van der Waals surface area contributed by atoms with E-state index in [2.05, 4.69) is 4.98 Å². The summed E-state index contributed by atoms with van der Waals surface area (Å²) < 4.78 is 39.7. The Labute approximate surface area is 160 Å². The van der Waals surface area contributed by atoms with Gasteiger partial charge in [-0.15, -0.1) is 0 Å². The third kappa shape index (κ3) is 4.84. The Hall–Kier alpha value is -2.00. The van der Waals surface area contributed by atoms with E-state index in [0.717, 1.165) is 5.69 Å². The highest BCUT2D eigenvalue weighted by molar-refractivity contribution is 7.98. The second-order valence-electron chi connectivity index (χ2n) is 6.34. The number of amides is 1. The van der Waals surface area contributed by atoms with Crippen LogP contribution in [0.2, 0.25) is 0 Å². The van der Waals surface area contributed by atoms with Gasteiger partial charge in [-0.2, -0.15) is 13.2 Å². The molecule has 0 radical (unpaired) electrons. The first kappa shape index (κ1) is 19.8. The number of rotatable bonds is 4. The minimum atomic E-state index is -4.22. The van der Waals surface area contributed by atoms with E-state index in [9.17, 15) is 18.0 Å². The molecule has 0 N–H and O–H groups in total. The van der Waals surface area contributed by atoms with Crippen molar-refractivity contribution < 1.29 is 18.0 Å². The van der Waals surface area contributed by atoms with E-state index in [0.29, 0.717) is 30.4 Å². The van der Waals surface area contributed by atoms with E-state index in [-0.39, 0.29) is 19.0 Å². The third-order valence-corrected chi connectivity index (χ3v) is 5.08. The number of nitrogens with zero attached hydrogens (tertiary/aromatic N) is 4. The first-order valence-electron chi connectivity index (χ1n) is 8.64. The van der Waals surface area contributed by atoms with Crippen LogP contribution in [0.4, 0.5) is 13.2 Å². The van der Waals surface area contributed by atoms with Crippen LogP contribution in [0, 0.1) is 0 Å². The van der Waals surface area contributed by atoms with Crippen molar-refractivity contribution in [1.82, 2.24) is 19.4 Å². The summed E-state index contributed by atoms with van der Waals surface area (Å²) in [5, 5.41) is 0.693. The highest BCUT2D eigenvalue weighted by Crippen LogP contribution is 2.23. The molecule has 1 saturated heterocycles. The molecule has 2 aromatic rings. The molecule has 0 saturated carbocycles. The molecule has 0 unspecified atom stereocenters. The molecule has 1 aliphatic heterocycles. The van der Waals surface area contributed by atoms with Gasteiger partial charge in [-0.1, -0.05) is 30.0 Å². The first-order valence-corrected chi connectivity index (χ1v) is 9.87. The summed E-state index contributed by atoms with van der Waals surface area (Å²) in [6.45, 7) is 0.302. The number of alkyl halides is 3. The molecule has 27 heavy (non-hydrogen) atoms. The zero-order valence-electron chi connectivity index (χ0n) is 14.9. The summed E-state index contributed by atoms with van der Waals surface area (Å²) in [6.07, 6.45) is -0.286. The summed E-state index contributed by atoms with van der Waals surface area (Å²) >= 11 is 1.43. The Bertz CT molecular complexity index is 779. The van der Waals surface area contributed by atoms with Crippen molar-refractivity contribution >= 4 is 17.7 Å². The molecule has 146 valence electrons. The van der Waals surface area contributed by atoms with Gasteiger partial charge in [-0.25, -0.2) is 4.98 Å². The van der Waals surface area contributed by atoms with Gasteiger partial charge >= 0.3 is 6.18 Å². The van der Waals surface area contributed by atoms with Crippen molar-refractivity contribution in [3.63, 3.8) is 0 Å². The Morgan fingerprint density at radius 2 is 1.89 bits per heavy atom. The molecule has 3 rings (SSSR count). The molecular weight excluding hydrogens is 377 g/mol. The fraction of sp³-hybridized carbons (Fsp3) is 0.444. The third-order valence-electron chi connectivity index (χ3n) is 4.42. The number of thioether (sulfide) groups is 1. The lowest BCUT2D eigenvalue weighted by molar-refractivity contribution is -0.145. The molecule has 0 bridgehead atoms. The predicted molar refractivity (Wildman–Crippen MR) is 98.4 cm³/mol. The van der Waals surface area contributed by atoms with Crippen LogP contribution in [-0.2, 0) is 0 Å². The first-order chi connectivity index (χ1) is 12.9. The van der Waals surface area contributed by atoms with E-state index < -0.39 is 12.7 Å². The van der Waals surface area contributed by atoms with Crippen molar-refractivity contribution in [1.29, 1.82) is 0 Å². The molecule has 1 fully saturated rings. The molecule has 0 spiro atoms. The average Bonchev–Trinajstić information content (AvgIpc) is 2.94. The Morgan fingerprint density at radius 3 is 2.56 bits per heavy atom. The minimum absolute atomic E-state index is 0.208. The quantitative estimate of drug-likeness (QED) is 0.741. The molecular formula is C18H21F3N4OS. The lowest BCUT2D eigenvalue weighted by Gasteiger charge is -2.23. The lowest BCUT2D eigenvalue weighted by Crippen LogP contribution is -2.39. The number of hydrogen-bond donors (Lipinski definition) is 0. The zero-order valence-corrected chi connectivity index (χ0v) is 15.8. The molecule has 5 nitrogen and oxygen atoms in total. The van der Waals surface area contributed by atoms with Gasteiger partial charge in [0.2, 0.25) is 0 Å². The Kier molecular flexibility index (Phi) is 6.11. The average molecular weight is 398 g/mol. The molecule has 1 aliphatic rings. The maximum Gasteiger partial charge on any atom is 0.401 e. The van der Waals surface area contributed by atoms with Crippen LogP contribution in [0.25, 0.3) is 5.69 Å². The number of para-hydroxylation sites is 1. The fourth-order valence-corrected chi connectivity index (χ4v) is 3.75. The molecule has 1 amide bonds. The maximum absolute atomic E-state index is 13.1. The fourth-order valence-electron chi connectivity index (χ4n) is 3.20. The van der Waals surface area contributed by atoms with E-state index in [4.69, 9.17) is 0 Å². The van der Waals surface area contributed by atoms with Gasteiger partial charge in [0.05, 0.1) is 12.7 Å². The van der Waals surface area contributed by atoms with E-state index in [1.165, 1.54) is 16.7 Å². The van der Waals surface area contributed by atoms with Crippen molar-refractivity contribution in [2.45, 2.75) is 17.8 Å². The van der Waals surface area contributed by atoms with Crippen LogP contribution in [-0.4, -0.2) is 70.4 Å². The highest BCUT2D eigenvalue weighted by Gasteiger charge is 2.32. The van der Waals surface area contributed by atoms with Crippen LogP contribution < -0.4 is 0 Å². The standard InChI is InChI=1S/C18H21F3N4OS/c1-27-17-22-12-15(25(17)14-6-3-2-4-7-14)16(26)24-9-5-8-23(10-11-24)13-18(19,20)21/h2-4,6-7,12H,5,8-11,13H2,1H3. The van der Waals surface area contributed by atoms with Crippen molar-refractivity contribution in [2.75, 3.05) is 39.0 Å². The van der Waals surface area contributed by atoms with Gasteiger partial charge in [0.15, 0.2) is 5.16 Å². The van der Waals surface area contributed by atoms with E-state index >= 15 is 0 Å². The normalized spacial score (nSPS) is 16.4. The summed E-state index contributed by atoms with van der Waals surface area (Å²) in [4.78, 5) is 20.4.